The number of rotatable bonds is 3. The predicted molar refractivity (Wildman–Crippen MR) is 82.9 cm³/mol. The second-order valence-corrected chi connectivity index (χ2v) is 6.06. The highest BCUT2D eigenvalue weighted by molar-refractivity contribution is 5.77. The molecule has 1 saturated heterocycles. The molecule has 6 heteroatoms. The van der Waals surface area contributed by atoms with Crippen molar-refractivity contribution in [3.8, 4) is 11.5 Å². The van der Waals surface area contributed by atoms with E-state index in [0.29, 0.717) is 30.2 Å². The molecule has 0 unspecified atom stereocenters. The monoisotopic (exact) mass is 317 g/mol. The number of hydrogen-bond acceptors (Lipinski definition) is 4. The number of nitrogens with zero attached hydrogens (tertiary/aromatic N) is 3. The standard InChI is InChI=1S/C17H20FN3O2/c1-3-14(22)21-11-5-4-10-17(21,2)16-19-15(23-20-16)12-6-8-13(18)9-7-12/h6-9H,3-5,10-11H2,1-2H3/t17-/m0/s1. The van der Waals surface area contributed by atoms with E-state index in [9.17, 15) is 9.18 Å². The number of likely N-dealkylation sites (tertiary alicyclic amines) is 1. The van der Waals surface area contributed by atoms with Crippen LogP contribution in [0, 0.1) is 5.82 Å². The number of benzene rings is 1. The summed E-state index contributed by atoms with van der Waals surface area (Å²) in [5.41, 5.74) is 0.116. The molecule has 0 saturated carbocycles. The lowest BCUT2D eigenvalue weighted by Gasteiger charge is -2.42. The minimum absolute atomic E-state index is 0.0975. The molecule has 0 spiro atoms. The Morgan fingerprint density at radius 3 is 2.78 bits per heavy atom. The zero-order valence-electron chi connectivity index (χ0n) is 13.4. The molecule has 1 fully saturated rings. The fourth-order valence-corrected chi connectivity index (χ4v) is 3.10. The van der Waals surface area contributed by atoms with E-state index in [-0.39, 0.29) is 11.7 Å². The molecular weight excluding hydrogens is 297 g/mol. The van der Waals surface area contributed by atoms with Gasteiger partial charge in [-0.15, -0.1) is 0 Å². The van der Waals surface area contributed by atoms with E-state index in [1.165, 1.54) is 12.1 Å². The molecule has 1 amide bonds. The van der Waals surface area contributed by atoms with Gasteiger partial charge in [-0.2, -0.15) is 4.98 Å². The summed E-state index contributed by atoms with van der Waals surface area (Å²) in [5, 5.41) is 4.10. The van der Waals surface area contributed by atoms with Crippen molar-refractivity contribution < 1.29 is 13.7 Å². The van der Waals surface area contributed by atoms with Crippen molar-refractivity contribution in [1.82, 2.24) is 15.0 Å². The number of amides is 1. The van der Waals surface area contributed by atoms with Crippen molar-refractivity contribution in [2.24, 2.45) is 0 Å². The average Bonchev–Trinajstić information content (AvgIpc) is 3.06. The van der Waals surface area contributed by atoms with Crippen LogP contribution in [0.25, 0.3) is 11.5 Å². The van der Waals surface area contributed by atoms with Crippen LogP contribution in [0.15, 0.2) is 28.8 Å². The van der Waals surface area contributed by atoms with Crippen LogP contribution in [0.5, 0.6) is 0 Å². The van der Waals surface area contributed by atoms with E-state index in [1.54, 1.807) is 12.1 Å². The van der Waals surface area contributed by atoms with Crippen molar-refractivity contribution in [3.63, 3.8) is 0 Å². The van der Waals surface area contributed by atoms with Crippen molar-refractivity contribution >= 4 is 5.91 Å². The second kappa shape index (κ2) is 6.10. The third kappa shape index (κ3) is 2.85. The molecule has 23 heavy (non-hydrogen) atoms. The molecule has 122 valence electrons. The topological polar surface area (TPSA) is 59.2 Å². The number of carbonyl (C=O) groups excluding carboxylic acids is 1. The van der Waals surface area contributed by atoms with E-state index >= 15 is 0 Å². The summed E-state index contributed by atoms with van der Waals surface area (Å²) in [6, 6.07) is 5.92. The summed E-state index contributed by atoms with van der Waals surface area (Å²) in [6.45, 7) is 4.56. The van der Waals surface area contributed by atoms with Gasteiger partial charge in [-0.25, -0.2) is 4.39 Å². The van der Waals surface area contributed by atoms with Crippen LogP contribution in [0.1, 0.15) is 45.4 Å². The molecule has 3 rings (SSSR count). The summed E-state index contributed by atoms with van der Waals surface area (Å²) in [7, 11) is 0. The fourth-order valence-electron chi connectivity index (χ4n) is 3.10. The van der Waals surface area contributed by atoms with Gasteiger partial charge in [-0.3, -0.25) is 4.79 Å². The number of piperidine rings is 1. The lowest BCUT2D eigenvalue weighted by atomic mass is 9.87. The Hall–Kier alpha value is -2.24. The Balaban J connectivity index is 1.93. The van der Waals surface area contributed by atoms with Gasteiger partial charge in [-0.05, 0) is 50.5 Å². The van der Waals surface area contributed by atoms with Crippen molar-refractivity contribution in [3.05, 3.63) is 35.9 Å². The first-order chi connectivity index (χ1) is 11.0. The summed E-state index contributed by atoms with van der Waals surface area (Å²) < 4.78 is 18.4. The zero-order chi connectivity index (χ0) is 16.4. The van der Waals surface area contributed by atoms with E-state index in [4.69, 9.17) is 4.52 Å². The summed E-state index contributed by atoms with van der Waals surface area (Å²) in [5.74, 6) is 0.641. The van der Waals surface area contributed by atoms with Gasteiger partial charge in [0.05, 0.1) is 0 Å². The summed E-state index contributed by atoms with van der Waals surface area (Å²) in [6.07, 6.45) is 3.27. The van der Waals surface area contributed by atoms with Crippen molar-refractivity contribution in [2.75, 3.05) is 6.54 Å². The number of hydrogen-bond donors (Lipinski definition) is 0. The van der Waals surface area contributed by atoms with Crippen LogP contribution >= 0.6 is 0 Å². The van der Waals surface area contributed by atoms with Crippen LogP contribution in [0.4, 0.5) is 4.39 Å². The van der Waals surface area contributed by atoms with Gasteiger partial charge in [0.15, 0.2) is 5.82 Å². The van der Waals surface area contributed by atoms with Gasteiger partial charge in [0.2, 0.25) is 5.91 Å². The van der Waals surface area contributed by atoms with Gasteiger partial charge < -0.3 is 9.42 Å². The molecule has 2 heterocycles. The Morgan fingerprint density at radius 1 is 1.35 bits per heavy atom. The third-order valence-corrected chi connectivity index (χ3v) is 4.49. The fraction of sp³-hybridized carbons (Fsp3) is 0.471. The molecule has 1 aliphatic heterocycles. The first kappa shape index (κ1) is 15.6. The van der Waals surface area contributed by atoms with Gasteiger partial charge in [-0.1, -0.05) is 12.1 Å². The van der Waals surface area contributed by atoms with Crippen LogP contribution < -0.4 is 0 Å². The first-order valence-electron chi connectivity index (χ1n) is 7.95. The lowest BCUT2D eigenvalue weighted by Crippen LogP contribution is -2.50. The third-order valence-electron chi connectivity index (χ3n) is 4.49. The molecule has 5 nitrogen and oxygen atoms in total. The van der Waals surface area contributed by atoms with Crippen LogP contribution in [0.2, 0.25) is 0 Å². The van der Waals surface area contributed by atoms with Gasteiger partial charge in [0, 0.05) is 18.5 Å². The van der Waals surface area contributed by atoms with Crippen LogP contribution in [-0.2, 0) is 10.3 Å². The SMILES string of the molecule is CCC(=O)N1CCCC[C@@]1(C)c1noc(-c2ccc(F)cc2)n1. The number of aromatic nitrogens is 2. The van der Waals surface area contributed by atoms with Crippen molar-refractivity contribution in [2.45, 2.75) is 45.1 Å². The number of halogens is 1. The molecule has 2 aromatic rings. The summed E-state index contributed by atoms with van der Waals surface area (Å²) in [4.78, 5) is 18.6. The maximum atomic E-state index is 13.0. The van der Waals surface area contributed by atoms with Crippen LogP contribution in [-0.4, -0.2) is 27.5 Å². The molecule has 0 aliphatic carbocycles. The van der Waals surface area contributed by atoms with Crippen LogP contribution in [0.3, 0.4) is 0 Å². The number of carbonyl (C=O) groups is 1. The van der Waals surface area contributed by atoms with Gasteiger partial charge in [0.1, 0.15) is 11.4 Å². The molecule has 0 radical (unpaired) electrons. The maximum Gasteiger partial charge on any atom is 0.258 e. The molecular formula is C17H20FN3O2. The van der Waals surface area contributed by atoms with Gasteiger partial charge in [0.25, 0.3) is 5.89 Å². The highest BCUT2D eigenvalue weighted by Gasteiger charge is 2.42. The van der Waals surface area contributed by atoms with Crippen molar-refractivity contribution in [1.29, 1.82) is 0 Å². The molecule has 1 aromatic heterocycles. The minimum atomic E-state index is -0.548. The Labute approximate surface area is 134 Å². The Kier molecular flexibility index (Phi) is 4.15. The maximum absolute atomic E-state index is 13.0. The highest BCUT2D eigenvalue weighted by Crippen LogP contribution is 2.37. The Morgan fingerprint density at radius 2 is 2.09 bits per heavy atom. The largest absolute Gasteiger partial charge is 0.334 e. The highest BCUT2D eigenvalue weighted by atomic mass is 19.1. The average molecular weight is 317 g/mol. The predicted octanol–water partition coefficient (Wildman–Crippen LogP) is 3.51. The second-order valence-electron chi connectivity index (χ2n) is 6.06. The molecule has 0 N–H and O–H groups in total. The van der Waals surface area contributed by atoms with Gasteiger partial charge >= 0.3 is 0 Å². The molecule has 0 bridgehead atoms. The molecule has 1 aromatic carbocycles. The van der Waals surface area contributed by atoms with E-state index in [2.05, 4.69) is 10.1 Å². The lowest BCUT2D eigenvalue weighted by molar-refractivity contribution is -0.140. The normalized spacial score (nSPS) is 21.4. The minimum Gasteiger partial charge on any atom is -0.334 e. The first-order valence-corrected chi connectivity index (χ1v) is 7.95. The Bertz CT molecular complexity index is 698. The molecule has 1 aliphatic rings. The molecule has 1 atom stereocenters. The quantitative estimate of drug-likeness (QED) is 0.869. The van der Waals surface area contributed by atoms with E-state index in [0.717, 1.165) is 19.3 Å². The van der Waals surface area contributed by atoms with E-state index in [1.807, 2.05) is 18.7 Å². The summed E-state index contributed by atoms with van der Waals surface area (Å²) >= 11 is 0. The smallest absolute Gasteiger partial charge is 0.258 e. The van der Waals surface area contributed by atoms with E-state index < -0.39 is 5.54 Å². The zero-order valence-corrected chi connectivity index (χ0v) is 13.4.